The van der Waals surface area contributed by atoms with Crippen LogP contribution in [0.5, 0.6) is 5.75 Å². The summed E-state index contributed by atoms with van der Waals surface area (Å²) in [4.78, 5) is 49.9. The van der Waals surface area contributed by atoms with Gasteiger partial charge in [0, 0.05) is 13.5 Å². The second-order valence-electron chi connectivity index (χ2n) is 7.97. The van der Waals surface area contributed by atoms with Crippen LogP contribution in [0.4, 0.5) is 0 Å². The fourth-order valence-electron chi connectivity index (χ4n) is 3.21. The number of rotatable bonds is 11. The summed E-state index contributed by atoms with van der Waals surface area (Å²) in [5, 5.41) is 23.8. The van der Waals surface area contributed by atoms with Gasteiger partial charge in [-0.15, -0.1) is 0 Å². The minimum atomic E-state index is -1.16. The van der Waals surface area contributed by atoms with Gasteiger partial charge >= 0.3 is 5.97 Å². The smallest absolute Gasteiger partial charge is 0.326 e. The number of nitrogens with zero attached hydrogens (tertiary/aromatic N) is 1. The molecule has 182 valence electrons. The number of carbonyl (C=O) groups is 4. The molecule has 2 aromatic rings. The van der Waals surface area contributed by atoms with E-state index in [-0.39, 0.29) is 18.6 Å². The number of aromatic hydroxyl groups is 1. The summed E-state index contributed by atoms with van der Waals surface area (Å²) < 4.78 is 0. The summed E-state index contributed by atoms with van der Waals surface area (Å²) >= 11 is 0. The second kappa shape index (κ2) is 12.4. The Bertz CT molecular complexity index is 996. The van der Waals surface area contributed by atoms with E-state index in [1.54, 1.807) is 36.4 Å². The summed E-state index contributed by atoms with van der Waals surface area (Å²) in [7, 11) is 1.36. The Morgan fingerprint density at radius 2 is 1.53 bits per heavy atom. The van der Waals surface area contributed by atoms with Crippen molar-refractivity contribution in [1.29, 1.82) is 0 Å². The maximum atomic E-state index is 12.5. The Labute approximate surface area is 197 Å². The molecule has 34 heavy (non-hydrogen) atoms. The fourth-order valence-corrected chi connectivity index (χ4v) is 3.21. The van der Waals surface area contributed by atoms with Crippen molar-refractivity contribution < 1.29 is 29.4 Å². The highest BCUT2D eigenvalue weighted by atomic mass is 16.4. The Hall–Kier alpha value is -3.92. The van der Waals surface area contributed by atoms with E-state index in [1.807, 2.05) is 6.07 Å². The third-order valence-corrected chi connectivity index (χ3v) is 5.31. The molecule has 0 saturated heterocycles. The lowest BCUT2D eigenvalue weighted by Crippen LogP contribution is -2.53. The third kappa shape index (κ3) is 7.89. The van der Waals surface area contributed by atoms with Gasteiger partial charge in [-0.2, -0.15) is 0 Å². The van der Waals surface area contributed by atoms with E-state index in [4.69, 9.17) is 5.73 Å². The maximum Gasteiger partial charge on any atom is 0.326 e. The van der Waals surface area contributed by atoms with Crippen LogP contribution >= 0.6 is 0 Å². The average Bonchev–Trinajstić information content (AvgIpc) is 2.82. The zero-order chi connectivity index (χ0) is 25.3. The number of carbonyl (C=O) groups excluding carboxylic acids is 3. The third-order valence-electron chi connectivity index (χ3n) is 5.31. The van der Waals surface area contributed by atoms with E-state index in [0.717, 1.165) is 16.0 Å². The number of carboxylic acids is 1. The minimum absolute atomic E-state index is 0.0991. The molecule has 0 aromatic heterocycles. The highest BCUT2D eigenvalue weighted by Crippen LogP contribution is 2.11. The molecule has 0 aliphatic carbocycles. The largest absolute Gasteiger partial charge is 0.508 e. The SMILES string of the molecule is CC(NC(=O)C(N)Cc1ccc(O)cc1)C(=O)NCC(=O)N(C)C(Cc1ccccc1)C(=O)O. The van der Waals surface area contributed by atoms with Crippen LogP contribution in [0.15, 0.2) is 54.6 Å². The van der Waals surface area contributed by atoms with Crippen LogP contribution in [0.1, 0.15) is 18.1 Å². The molecule has 2 rings (SSSR count). The van der Waals surface area contributed by atoms with Crippen molar-refractivity contribution in [3.8, 4) is 5.75 Å². The molecule has 10 nitrogen and oxygen atoms in total. The van der Waals surface area contributed by atoms with E-state index in [2.05, 4.69) is 10.6 Å². The predicted octanol–water partition coefficient (Wildman–Crippen LogP) is 0.0372. The van der Waals surface area contributed by atoms with Crippen LogP contribution in [0.25, 0.3) is 0 Å². The molecular weight excluding hydrogens is 440 g/mol. The van der Waals surface area contributed by atoms with Crippen molar-refractivity contribution in [3.63, 3.8) is 0 Å². The van der Waals surface area contributed by atoms with Crippen molar-refractivity contribution in [2.75, 3.05) is 13.6 Å². The molecule has 0 fully saturated rings. The highest BCUT2D eigenvalue weighted by Gasteiger charge is 2.27. The minimum Gasteiger partial charge on any atom is -0.508 e. The average molecular weight is 471 g/mol. The van der Waals surface area contributed by atoms with Crippen LogP contribution in [-0.4, -0.2) is 70.5 Å². The van der Waals surface area contributed by atoms with Crippen molar-refractivity contribution in [1.82, 2.24) is 15.5 Å². The number of hydrogen-bond acceptors (Lipinski definition) is 6. The molecular formula is C24H30N4O6. The van der Waals surface area contributed by atoms with Gasteiger partial charge in [0.15, 0.2) is 0 Å². The first-order valence-electron chi connectivity index (χ1n) is 10.7. The zero-order valence-electron chi connectivity index (χ0n) is 19.1. The van der Waals surface area contributed by atoms with E-state index in [9.17, 15) is 29.4 Å². The molecule has 3 atom stereocenters. The number of benzene rings is 2. The van der Waals surface area contributed by atoms with Crippen LogP contribution in [0, 0.1) is 0 Å². The van der Waals surface area contributed by atoms with E-state index < -0.39 is 48.4 Å². The van der Waals surface area contributed by atoms with E-state index >= 15 is 0 Å². The zero-order valence-corrected chi connectivity index (χ0v) is 19.1. The Morgan fingerprint density at radius 1 is 0.941 bits per heavy atom. The molecule has 10 heteroatoms. The topological polar surface area (TPSA) is 162 Å². The number of amides is 3. The summed E-state index contributed by atoms with van der Waals surface area (Å²) in [5.74, 6) is -2.80. The molecule has 0 aliphatic heterocycles. The summed E-state index contributed by atoms with van der Waals surface area (Å²) in [6.45, 7) is 1.03. The van der Waals surface area contributed by atoms with Gasteiger partial charge in [0.05, 0.1) is 12.6 Å². The summed E-state index contributed by atoms with van der Waals surface area (Å²) in [6.07, 6.45) is 0.333. The Kier molecular flexibility index (Phi) is 9.57. The van der Waals surface area contributed by atoms with Gasteiger partial charge in [-0.25, -0.2) is 4.79 Å². The molecule has 0 bridgehead atoms. The van der Waals surface area contributed by atoms with Gasteiger partial charge in [-0.05, 0) is 36.6 Å². The number of carboxylic acid groups (broad SMARTS) is 1. The van der Waals surface area contributed by atoms with Crippen LogP contribution in [-0.2, 0) is 32.0 Å². The van der Waals surface area contributed by atoms with Crippen LogP contribution in [0.3, 0.4) is 0 Å². The quantitative estimate of drug-likeness (QED) is 0.310. The summed E-state index contributed by atoms with van der Waals surface area (Å²) in [6, 6.07) is 12.2. The Balaban J connectivity index is 1.84. The lowest BCUT2D eigenvalue weighted by atomic mass is 10.0. The van der Waals surface area contributed by atoms with Gasteiger partial charge in [0.2, 0.25) is 17.7 Å². The van der Waals surface area contributed by atoms with E-state index in [1.165, 1.54) is 26.1 Å². The van der Waals surface area contributed by atoms with Crippen LogP contribution < -0.4 is 16.4 Å². The normalized spacial score (nSPS) is 13.3. The Morgan fingerprint density at radius 3 is 2.12 bits per heavy atom. The monoisotopic (exact) mass is 470 g/mol. The molecule has 0 aliphatic rings. The molecule has 3 unspecified atom stereocenters. The number of phenolic OH excluding ortho intramolecular Hbond substituents is 1. The van der Waals surface area contributed by atoms with Gasteiger partial charge in [-0.3, -0.25) is 14.4 Å². The van der Waals surface area contributed by atoms with Gasteiger partial charge in [0.1, 0.15) is 17.8 Å². The lowest BCUT2D eigenvalue weighted by molar-refractivity contribution is -0.148. The van der Waals surface area contributed by atoms with Crippen molar-refractivity contribution in [3.05, 3.63) is 65.7 Å². The standard InChI is InChI=1S/C24H30N4O6/c1-15(27-23(32)19(25)12-17-8-10-18(29)11-9-17)22(31)26-14-21(30)28(2)20(24(33)34)13-16-6-4-3-5-7-16/h3-11,15,19-20,29H,12-14,25H2,1-2H3,(H,26,31)(H,27,32)(H,33,34). The van der Waals surface area contributed by atoms with Gasteiger partial charge in [0.25, 0.3) is 0 Å². The molecule has 2 aromatic carbocycles. The first-order valence-corrected chi connectivity index (χ1v) is 10.7. The number of hydrogen-bond donors (Lipinski definition) is 5. The molecule has 0 heterocycles. The first kappa shape index (κ1) is 26.3. The van der Waals surface area contributed by atoms with Crippen molar-refractivity contribution >= 4 is 23.7 Å². The molecule has 0 radical (unpaired) electrons. The number of likely N-dealkylation sites (N-methyl/N-ethyl adjacent to an activating group) is 1. The fraction of sp³-hybridized carbons (Fsp3) is 0.333. The van der Waals surface area contributed by atoms with Crippen molar-refractivity contribution in [2.24, 2.45) is 5.73 Å². The lowest BCUT2D eigenvalue weighted by Gasteiger charge is -2.25. The number of nitrogens with two attached hydrogens (primary N) is 1. The molecule has 3 amide bonds. The number of nitrogens with one attached hydrogen (secondary N) is 2. The predicted molar refractivity (Wildman–Crippen MR) is 125 cm³/mol. The van der Waals surface area contributed by atoms with Gasteiger partial charge in [-0.1, -0.05) is 42.5 Å². The highest BCUT2D eigenvalue weighted by molar-refractivity contribution is 5.92. The second-order valence-corrected chi connectivity index (χ2v) is 7.97. The maximum absolute atomic E-state index is 12.5. The molecule has 6 N–H and O–H groups in total. The number of aliphatic carboxylic acids is 1. The van der Waals surface area contributed by atoms with Gasteiger partial charge < -0.3 is 31.5 Å². The first-order chi connectivity index (χ1) is 16.1. The van der Waals surface area contributed by atoms with Crippen LogP contribution in [0.2, 0.25) is 0 Å². The van der Waals surface area contributed by atoms with Crippen molar-refractivity contribution in [2.45, 2.75) is 37.9 Å². The number of phenols is 1. The molecule has 0 spiro atoms. The summed E-state index contributed by atoms with van der Waals surface area (Å²) in [5.41, 5.74) is 7.41. The molecule has 0 saturated carbocycles. The van der Waals surface area contributed by atoms with E-state index in [0.29, 0.717) is 0 Å².